The first-order chi connectivity index (χ1) is 8.04. The van der Waals surface area contributed by atoms with Crippen molar-refractivity contribution in [1.82, 2.24) is 10.3 Å². The zero-order chi connectivity index (χ0) is 12.6. The van der Waals surface area contributed by atoms with Crippen molar-refractivity contribution in [2.24, 2.45) is 5.84 Å². The number of hydrazine groups is 1. The van der Waals surface area contributed by atoms with Gasteiger partial charge in [0, 0.05) is 0 Å². The number of thioether (sulfide) groups is 2. The number of fused-ring (bicyclic) bond motifs is 1. The van der Waals surface area contributed by atoms with E-state index in [2.05, 4.69) is 0 Å². The molecule has 0 bridgehead atoms. The lowest BCUT2D eigenvalue weighted by Crippen LogP contribution is -2.48. The quantitative estimate of drug-likeness (QED) is 0.268. The third-order valence-electron chi connectivity index (χ3n) is 2.28. The molecule has 9 heteroatoms. The largest absolute Gasteiger partial charge is 0.477 e. The van der Waals surface area contributed by atoms with E-state index in [1.165, 1.54) is 16.7 Å². The molecule has 2 aliphatic rings. The molecule has 2 amide bonds. The SMILES string of the molecule is NNC(=O)CSC1=C(C(=O)O)N2C(=O)C[C@H]2S1. The molecule has 1 saturated heterocycles. The maximum absolute atomic E-state index is 11.3. The van der Waals surface area contributed by atoms with E-state index >= 15 is 0 Å². The summed E-state index contributed by atoms with van der Waals surface area (Å²) in [5.41, 5.74) is 1.94. The highest BCUT2D eigenvalue weighted by molar-refractivity contribution is 8.23. The van der Waals surface area contributed by atoms with E-state index in [0.717, 1.165) is 11.8 Å². The highest BCUT2D eigenvalue weighted by atomic mass is 32.2. The molecule has 4 N–H and O–H groups in total. The van der Waals surface area contributed by atoms with Crippen molar-refractivity contribution in [3.05, 3.63) is 9.93 Å². The molecule has 0 aromatic heterocycles. The smallest absolute Gasteiger partial charge is 0.354 e. The van der Waals surface area contributed by atoms with Gasteiger partial charge in [-0.2, -0.15) is 0 Å². The molecule has 1 fully saturated rings. The Kier molecular flexibility index (Phi) is 3.31. The summed E-state index contributed by atoms with van der Waals surface area (Å²) in [4.78, 5) is 34.6. The van der Waals surface area contributed by atoms with E-state index in [0.29, 0.717) is 10.7 Å². The molecule has 0 saturated carbocycles. The topological polar surface area (TPSA) is 113 Å². The van der Waals surface area contributed by atoms with Gasteiger partial charge in [-0.3, -0.25) is 19.9 Å². The molecule has 17 heavy (non-hydrogen) atoms. The number of carbonyl (C=O) groups is 3. The standard InChI is InChI=1S/C8H9N3O4S2/c9-10-3(12)2-16-8-6(7(14)15)11-4(13)1-5(11)17-8/h5H,1-2,9H2,(H,10,12)(H,14,15)/t5-/m1/s1. The Labute approximate surface area is 105 Å². The van der Waals surface area contributed by atoms with Gasteiger partial charge >= 0.3 is 5.97 Å². The highest BCUT2D eigenvalue weighted by Crippen LogP contribution is 2.50. The van der Waals surface area contributed by atoms with Crippen LogP contribution in [0.3, 0.4) is 0 Å². The van der Waals surface area contributed by atoms with Crippen LogP contribution in [0.1, 0.15) is 6.42 Å². The number of hydrogen-bond donors (Lipinski definition) is 3. The number of nitrogens with zero attached hydrogens (tertiary/aromatic N) is 1. The summed E-state index contributed by atoms with van der Waals surface area (Å²) in [7, 11) is 0. The highest BCUT2D eigenvalue weighted by Gasteiger charge is 2.48. The average molecular weight is 275 g/mol. The summed E-state index contributed by atoms with van der Waals surface area (Å²) in [6.07, 6.45) is 0.342. The summed E-state index contributed by atoms with van der Waals surface area (Å²) < 4.78 is 0.483. The van der Waals surface area contributed by atoms with Crippen LogP contribution in [-0.4, -0.2) is 38.9 Å². The zero-order valence-electron chi connectivity index (χ0n) is 8.50. The molecule has 0 aliphatic carbocycles. The molecule has 0 unspecified atom stereocenters. The van der Waals surface area contributed by atoms with Crippen LogP contribution < -0.4 is 11.3 Å². The second kappa shape index (κ2) is 4.59. The number of rotatable bonds is 4. The van der Waals surface area contributed by atoms with Crippen LogP contribution in [0.2, 0.25) is 0 Å². The molecule has 2 rings (SSSR count). The van der Waals surface area contributed by atoms with Crippen molar-refractivity contribution in [3.63, 3.8) is 0 Å². The van der Waals surface area contributed by atoms with Crippen molar-refractivity contribution in [3.8, 4) is 0 Å². The molecular formula is C8H9N3O4S2. The Hall–Kier alpha value is -1.19. The Balaban J connectivity index is 2.12. The van der Waals surface area contributed by atoms with Crippen molar-refractivity contribution >= 4 is 41.3 Å². The van der Waals surface area contributed by atoms with E-state index in [-0.39, 0.29) is 22.7 Å². The first-order valence-electron chi connectivity index (χ1n) is 4.63. The molecule has 92 valence electrons. The van der Waals surface area contributed by atoms with Gasteiger partial charge in [-0.05, 0) is 0 Å². The van der Waals surface area contributed by atoms with E-state index in [9.17, 15) is 14.4 Å². The van der Waals surface area contributed by atoms with Gasteiger partial charge in [0.1, 0.15) is 0 Å². The van der Waals surface area contributed by atoms with Crippen molar-refractivity contribution < 1.29 is 19.5 Å². The Morgan fingerprint density at radius 2 is 2.35 bits per heavy atom. The number of hydrogen-bond acceptors (Lipinski definition) is 6. The number of amides is 2. The van der Waals surface area contributed by atoms with Gasteiger partial charge in [-0.15, -0.1) is 11.8 Å². The van der Waals surface area contributed by atoms with Crippen molar-refractivity contribution in [2.75, 3.05) is 5.75 Å². The normalized spacial score (nSPS) is 22.3. The molecule has 2 aliphatic heterocycles. The van der Waals surface area contributed by atoms with Gasteiger partial charge in [0.25, 0.3) is 0 Å². The fourth-order valence-corrected chi connectivity index (χ4v) is 4.04. The number of nitrogens with one attached hydrogen (secondary N) is 1. The number of carboxylic acid groups (broad SMARTS) is 1. The Morgan fingerprint density at radius 3 is 2.88 bits per heavy atom. The third-order valence-corrected chi connectivity index (χ3v) is 4.84. The number of β-lactam (4-membered cyclic amide) rings is 1. The predicted octanol–water partition coefficient (Wildman–Crippen LogP) is -0.732. The number of carbonyl (C=O) groups excluding carboxylic acids is 2. The van der Waals surface area contributed by atoms with Gasteiger partial charge in [-0.25, -0.2) is 10.6 Å². The molecule has 0 aromatic carbocycles. The maximum Gasteiger partial charge on any atom is 0.354 e. The van der Waals surface area contributed by atoms with E-state index in [4.69, 9.17) is 10.9 Å². The second-order valence-electron chi connectivity index (χ2n) is 3.34. The second-order valence-corrected chi connectivity index (χ2v) is 5.77. The van der Waals surface area contributed by atoms with Crippen LogP contribution in [0.4, 0.5) is 0 Å². The lowest BCUT2D eigenvalue weighted by Gasteiger charge is -2.33. The molecule has 0 spiro atoms. The predicted molar refractivity (Wildman–Crippen MR) is 62.3 cm³/mol. The monoisotopic (exact) mass is 275 g/mol. The number of aliphatic carboxylic acids is 1. The minimum atomic E-state index is -1.15. The molecule has 7 nitrogen and oxygen atoms in total. The Bertz CT molecular complexity index is 436. The zero-order valence-corrected chi connectivity index (χ0v) is 10.1. The summed E-state index contributed by atoms with van der Waals surface area (Å²) >= 11 is 2.38. The summed E-state index contributed by atoms with van der Waals surface area (Å²) in [5.74, 6) is 3.22. The third kappa shape index (κ3) is 2.13. The van der Waals surface area contributed by atoms with Gasteiger partial charge in [0.2, 0.25) is 11.8 Å². The lowest BCUT2D eigenvalue weighted by molar-refractivity contribution is -0.145. The first kappa shape index (κ1) is 12.3. The fraction of sp³-hybridized carbons (Fsp3) is 0.375. The molecule has 1 atom stereocenters. The Morgan fingerprint density at radius 1 is 1.65 bits per heavy atom. The van der Waals surface area contributed by atoms with Crippen LogP contribution >= 0.6 is 23.5 Å². The van der Waals surface area contributed by atoms with Crippen LogP contribution in [0.25, 0.3) is 0 Å². The minimum Gasteiger partial charge on any atom is -0.477 e. The van der Waals surface area contributed by atoms with E-state index < -0.39 is 11.9 Å². The van der Waals surface area contributed by atoms with E-state index in [1.54, 1.807) is 0 Å². The first-order valence-corrected chi connectivity index (χ1v) is 6.49. The van der Waals surface area contributed by atoms with Crippen LogP contribution in [0, 0.1) is 0 Å². The summed E-state index contributed by atoms with van der Waals surface area (Å²) in [6.45, 7) is 0. The van der Waals surface area contributed by atoms with Gasteiger partial charge in [0.15, 0.2) is 5.70 Å². The number of nitrogens with two attached hydrogens (primary N) is 1. The molecule has 0 aromatic rings. The van der Waals surface area contributed by atoms with Gasteiger partial charge < -0.3 is 5.11 Å². The molecule has 0 radical (unpaired) electrons. The lowest BCUT2D eigenvalue weighted by atomic mass is 10.2. The van der Waals surface area contributed by atoms with Crippen LogP contribution in [-0.2, 0) is 14.4 Å². The average Bonchev–Trinajstić information content (AvgIpc) is 2.58. The van der Waals surface area contributed by atoms with Crippen molar-refractivity contribution in [1.29, 1.82) is 0 Å². The van der Waals surface area contributed by atoms with Crippen LogP contribution in [0.15, 0.2) is 9.93 Å². The van der Waals surface area contributed by atoms with Crippen LogP contribution in [0.5, 0.6) is 0 Å². The van der Waals surface area contributed by atoms with Gasteiger partial charge in [-0.1, -0.05) is 11.8 Å². The molecule has 2 heterocycles. The molecular weight excluding hydrogens is 266 g/mol. The van der Waals surface area contributed by atoms with Gasteiger partial charge in [0.05, 0.1) is 21.8 Å². The maximum atomic E-state index is 11.3. The summed E-state index contributed by atoms with van der Waals surface area (Å²) in [5, 5.41) is 8.91. The fourth-order valence-electron chi connectivity index (χ4n) is 1.49. The van der Waals surface area contributed by atoms with Crippen molar-refractivity contribution in [2.45, 2.75) is 11.8 Å². The minimum absolute atomic E-state index is 0.0222. The van der Waals surface area contributed by atoms with E-state index in [1.807, 2.05) is 5.43 Å². The number of carboxylic acids is 1. The summed E-state index contributed by atoms with van der Waals surface area (Å²) in [6, 6.07) is 0.